The Hall–Kier alpha value is -1.81. The molecule has 0 heterocycles. The number of rotatable bonds is 2. The maximum absolute atomic E-state index is 13.7. The lowest BCUT2D eigenvalue weighted by molar-refractivity contribution is 0.209. The lowest BCUT2D eigenvalue weighted by Gasteiger charge is -2.15. The lowest BCUT2D eigenvalue weighted by atomic mass is 9.97. The first-order valence-electron chi connectivity index (χ1n) is 5.80. The number of aliphatic hydroxyl groups is 1. The van der Waals surface area contributed by atoms with Gasteiger partial charge in [-0.1, -0.05) is 17.7 Å². The number of aryl methyl sites for hydroxylation is 2. The molecule has 1 atom stereocenters. The summed E-state index contributed by atoms with van der Waals surface area (Å²) in [5.74, 6) is -2.21. The summed E-state index contributed by atoms with van der Waals surface area (Å²) in [6.45, 7) is 3.19. The van der Waals surface area contributed by atoms with Crippen LogP contribution in [0, 0.1) is 31.3 Å². The molecule has 2 aromatic carbocycles. The van der Waals surface area contributed by atoms with Crippen LogP contribution in [0.25, 0.3) is 0 Å². The zero-order chi connectivity index (χ0) is 14.2. The summed E-state index contributed by atoms with van der Waals surface area (Å²) in [5.41, 5.74) is 0.784. The Morgan fingerprint density at radius 3 is 2.16 bits per heavy atom. The zero-order valence-corrected chi connectivity index (χ0v) is 10.5. The van der Waals surface area contributed by atoms with Crippen LogP contribution in [0.15, 0.2) is 30.3 Å². The molecule has 0 spiro atoms. The standard InChI is InChI=1S/C15H13F3O/c1-8-3-4-12(16)10(5-8)15(19)11-6-9(2)13(17)7-14(11)18/h3-7,15,19H,1-2H3. The van der Waals surface area contributed by atoms with Crippen LogP contribution < -0.4 is 0 Å². The van der Waals surface area contributed by atoms with Crippen molar-refractivity contribution in [1.29, 1.82) is 0 Å². The summed E-state index contributed by atoms with van der Waals surface area (Å²) in [6, 6.07) is 6.09. The Kier molecular flexibility index (Phi) is 3.62. The Bertz CT molecular complexity index is 623. The minimum atomic E-state index is -1.46. The van der Waals surface area contributed by atoms with Gasteiger partial charge in [0.15, 0.2) is 0 Å². The van der Waals surface area contributed by atoms with E-state index in [0.717, 1.165) is 5.56 Å². The number of hydrogen-bond acceptors (Lipinski definition) is 1. The molecule has 0 aromatic heterocycles. The van der Waals surface area contributed by atoms with Crippen molar-refractivity contribution in [2.75, 3.05) is 0 Å². The third-order valence-electron chi connectivity index (χ3n) is 3.02. The maximum Gasteiger partial charge on any atom is 0.132 e. The Morgan fingerprint density at radius 1 is 0.842 bits per heavy atom. The SMILES string of the molecule is Cc1ccc(F)c(C(O)c2cc(C)c(F)cc2F)c1. The predicted octanol–water partition coefficient (Wildman–Crippen LogP) is 3.80. The van der Waals surface area contributed by atoms with Gasteiger partial charge in [-0.2, -0.15) is 0 Å². The number of aliphatic hydroxyl groups excluding tert-OH is 1. The molecule has 2 aromatic rings. The highest BCUT2D eigenvalue weighted by molar-refractivity contribution is 5.36. The summed E-state index contributed by atoms with van der Waals surface area (Å²) in [4.78, 5) is 0. The molecule has 1 unspecified atom stereocenters. The molecule has 100 valence electrons. The fraction of sp³-hybridized carbons (Fsp3) is 0.200. The number of benzene rings is 2. The van der Waals surface area contributed by atoms with E-state index in [-0.39, 0.29) is 16.7 Å². The second-order valence-corrected chi connectivity index (χ2v) is 4.55. The van der Waals surface area contributed by atoms with Crippen LogP contribution >= 0.6 is 0 Å². The first-order valence-corrected chi connectivity index (χ1v) is 5.80. The van der Waals surface area contributed by atoms with Crippen LogP contribution in [0.2, 0.25) is 0 Å². The Labute approximate surface area is 109 Å². The third kappa shape index (κ3) is 2.63. The summed E-state index contributed by atoms with van der Waals surface area (Å²) >= 11 is 0. The fourth-order valence-electron chi connectivity index (χ4n) is 1.93. The third-order valence-corrected chi connectivity index (χ3v) is 3.02. The van der Waals surface area contributed by atoms with E-state index in [1.165, 1.54) is 25.1 Å². The average Bonchev–Trinajstić information content (AvgIpc) is 2.36. The van der Waals surface area contributed by atoms with Gasteiger partial charge in [-0.3, -0.25) is 0 Å². The van der Waals surface area contributed by atoms with Crippen LogP contribution in [0.5, 0.6) is 0 Å². The molecule has 0 fully saturated rings. The second kappa shape index (κ2) is 5.05. The van der Waals surface area contributed by atoms with Crippen molar-refractivity contribution < 1.29 is 18.3 Å². The summed E-state index contributed by atoms with van der Waals surface area (Å²) < 4.78 is 40.5. The maximum atomic E-state index is 13.7. The highest BCUT2D eigenvalue weighted by Crippen LogP contribution is 2.28. The van der Waals surface area contributed by atoms with Crippen molar-refractivity contribution in [2.45, 2.75) is 20.0 Å². The highest BCUT2D eigenvalue weighted by Gasteiger charge is 2.20. The van der Waals surface area contributed by atoms with Gasteiger partial charge in [0.2, 0.25) is 0 Å². The molecule has 2 rings (SSSR count). The van der Waals surface area contributed by atoms with Crippen LogP contribution in [0.3, 0.4) is 0 Å². The van der Waals surface area contributed by atoms with E-state index in [1.807, 2.05) is 0 Å². The normalized spacial score (nSPS) is 12.5. The van der Waals surface area contributed by atoms with E-state index in [1.54, 1.807) is 13.0 Å². The van der Waals surface area contributed by atoms with Crippen molar-refractivity contribution in [2.24, 2.45) is 0 Å². The smallest absolute Gasteiger partial charge is 0.132 e. The molecular formula is C15H13F3O. The summed E-state index contributed by atoms with van der Waals surface area (Å²) in [7, 11) is 0. The lowest BCUT2D eigenvalue weighted by Crippen LogP contribution is -2.06. The van der Waals surface area contributed by atoms with E-state index >= 15 is 0 Å². The predicted molar refractivity (Wildman–Crippen MR) is 66.3 cm³/mol. The van der Waals surface area contributed by atoms with Crippen molar-refractivity contribution in [3.63, 3.8) is 0 Å². The zero-order valence-electron chi connectivity index (χ0n) is 10.5. The molecule has 0 aliphatic carbocycles. The Morgan fingerprint density at radius 2 is 1.47 bits per heavy atom. The highest BCUT2D eigenvalue weighted by atomic mass is 19.1. The first-order chi connectivity index (χ1) is 8.90. The van der Waals surface area contributed by atoms with E-state index in [2.05, 4.69) is 0 Å². The molecule has 0 bridgehead atoms. The van der Waals surface area contributed by atoms with Gasteiger partial charge >= 0.3 is 0 Å². The van der Waals surface area contributed by atoms with Gasteiger partial charge in [0.1, 0.15) is 23.6 Å². The van der Waals surface area contributed by atoms with E-state index in [9.17, 15) is 18.3 Å². The van der Waals surface area contributed by atoms with E-state index in [0.29, 0.717) is 6.07 Å². The molecule has 0 saturated heterocycles. The van der Waals surface area contributed by atoms with Crippen LogP contribution in [-0.2, 0) is 0 Å². The molecular weight excluding hydrogens is 253 g/mol. The minimum Gasteiger partial charge on any atom is -0.383 e. The van der Waals surface area contributed by atoms with Crippen molar-refractivity contribution in [1.82, 2.24) is 0 Å². The molecule has 0 amide bonds. The quantitative estimate of drug-likeness (QED) is 0.876. The van der Waals surface area contributed by atoms with Crippen LogP contribution in [0.1, 0.15) is 28.4 Å². The van der Waals surface area contributed by atoms with Gasteiger partial charge in [0.25, 0.3) is 0 Å². The van der Waals surface area contributed by atoms with Crippen LogP contribution in [0.4, 0.5) is 13.2 Å². The summed E-state index contributed by atoms with van der Waals surface area (Å²) in [5, 5.41) is 10.1. The van der Waals surface area contributed by atoms with Crippen LogP contribution in [-0.4, -0.2) is 5.11 Å². The topological polar surface area (TPSA) is 20.2 Å². The largest absolute Gasteiger partial charge is 0.383 e. The van der Waals surface area contributed by atoms with Gasteiger partial charge in [-0.05, 0) is 31.5 Å². The minimum absolute atomic E-state index is 0.0232. The van der Waals surface area contributed by atoms with Crippen molar-refractivity contribution >= 4 is 0 Å². The van der Waals surface area contributed by atoms with Crippen molar-refractivity contribution in [3.05, 3.63) is 70.0 Å². The van der Waals surface area contributed by atoms with Gasteiger partial charge in [-0.25, -0.2) is 13.2 Å². The van der Waals surface area contributed by atoms with Gasteiger partial charge in [0.05, 0.1) is 0 Å². The monoisotopic (exact) mass is 266 g/mol. The molecule has 1 nitrogen and oxygen atoms in total. The Balaban J connectivity index is 2.52. The molecule has 0 radical (unpaired) electrons. The van der Waals surface area contributed by atoms with E-state index < -0.39 is 23.6 Å². The second-order valence-electron chi connectivity index (χ2n) is 4.55. The molecule has 19 heavy (non-hydrogen) atoms. The molecule has 0 saturated carbocycles. The molecule has 1 N–H and O–H groups in total. The number of halogens is 3. The summed E-state index contributed by atoms with van der Waals surface area (Å²) in [6.07, 6.45) is -1.46. The average molecular weight is 266 g/mol. The van der Waals surface area contributed by atoms with Gasteiger partial charge < -0.3 is 5.11 Å². The first kappa shape index (κ1) is 13.6. The van der Waals surface area contributed by atoms with E-state index in [4.69, 9.17) is 0 Å². The van der Waals surface area contributed by atoms with Crippen molar-refractivity contribution in [3.8, 4) is 0 Å². The molecule has 0 aliphatic heterocycles. The van der Waals surface area contributed by atoms with Gasteiger partial charge in [0, 0.05) is 17.2 Å². The fourth-order valence-corrected chi connectivity index (χ4v) is 1.93. The molecule has 0 aliphatic rings. The number of hydrogen-bond donors (Lipinski definition) is 1. The van der Waals surface area contributed by atoms with Gasteiger partial charge in [-0.15, -0.1) is 0 Å². The molecule has 4 heteroatoms.